The molecule has 1 saturated heterocycles. The van der Waals surface area contributed by atoms with Crippen LogP contribution in [0.25, 0.3) is 0 Å². The zero-order valence-electron chi connectivity index (χ0n) is 15.5. The number of rotatable bonds is 5. The molecule has 2 amide bonds. The fourth-order valence-corrected chi connectivity index (χ4v) is 2.98. The first kappa shape index (κ1) is 18.4. The Hall–Kier alpha value is -1.91. The maximum Gasteiger partial charge on any atom is 0.317 e. The molecule has 0 unspecified atom stereocenters. The zero-order chi connectivity index (χ0) is 17.7. The fourth-order valence-electron chi connectivity index (χ4n) is 2.98. The minimum absolute atomic E-state index is 0.0375. The standard InChI is InChI=1S/C19H30N2O3/c1-14-8-10-21(11-9-14)18(22)20-13-19(2,3)15-6-7-16(23-4)17(12-15)24-5/h6-7,12,14H,8-11,13H2,1-5H3,(H,20,22). The van der Waals surface area contributed by atoms with Crippen molar-refractivity contribution in [2.75, 3.05) is 33.9 Å². The summed E-state index contributed by atoms with van der Waals surface area (Å²) in [7, 11) is 3.26. The van der Waals surface area contributed by atoms with E-state index >= 15 is 0 Å². The van der Waals surface area contributed by atoms with Gasteiger partial charge in [-0.3, -0.25) is 0 Å². The van der Waals surface area contributed by atoms with Crippen LogP contribution < -0.4 is 14.8 Å². The van der Waals surface area contributed by atoms with E-state index in [1.165, 1.54) is 0 Å². The molecule has 1 aromatic carbocycles. The molecule has 1 heterocycles. The second kappa shape index (κ2) is 7.77. The van der Waals surface area contributed by atoms with Gasteiger partial charge in [-0.25, -0.2) is 4.79 Å². The molecular weight excluding hydrogens is 304 g/mol. The van der Waals surface area contributed by atoms with E-state index in [2.05, 4.69) is 26.1 Å². The highest BCUT2D eigenvalue weighted by atomic mass is 16.5. The number of carbonyl (C=O) groups is 1. The molecule has 2 rings (SSSR count). The predicted octanol–water partition coefficient (Wildman–Crippen LogP) is 3.42. The molecule has 0 spiro atoms. The van der Waals surface area contributed by atoms with Crippen LogP contribution in [0.4, 0.5) is 4.79 Å². The Morgan fingerprint density at radius 1 is 1.21 bits per heavy atom. The maximum atomic E-state index is 12.4. The molecule has 0 aliphatic carbocycles. The van der Waals surface area contributed by atoms with Gasteiger partial charge in [0.15, 0.2) is 11.5 Å². The maximum absolute atomic E-state index is 12.4. The van der Waals surface area contributed by atoms with Gasteiger partial charge in [0, 0.05) is 25.0 Å². The van der Waals surface area contributed by atoms with Crippen LogP contribution in [0.5, 0.6) is 11.5 Å². The van der Waals surface area contributed by atoms with Gasteiger partial charge in [0.1, 0.15) is 0 Å². The molecule has 0 saturated carbocycles. The summed E-state index contributed by atoms with van der Waals surface area (Å²) in [6.07, 6.45) is 2.18. The number of piperidine rings is 1. The molecule has 0 bridgehead atoms. The SMILES string of the molecule is COc1ccc(C(C)(C)CNC(=O)N2CCC(C)CC2)cc1OC. The van der Waals surface area contributed by atoms with E-state index in [-0.39, 0.29) is 11.4 Å². The summed E-state index contributed by atoms with van der Waals surface area (Å²) < 4.78 is 10.7. The third-order valence-corrected chi connectivity index (χ3v) is 4.92. The lowest BCUT2D eigenvalue weighted by molar-refractivity contribution is 0.172. The molecule has 0 atom stereocenters. The summed E-state index contributed by atoms with van der Waals surface area (Å²) in [5, 5.41) is 3.09. The molecule has 1 N–H and O–H groups in total. The Balaban J connectivity index is 1.99. The lowest BCUT2D eigenvalue weighted by Gasteiger charge is -2.32. The van der Waals surface area contributed by atoms with Crippen molar-refractivity contribution in [2.45, 2.75) is 39.0 Å². The van der Waals surface area contributed by atoms with Crippen molar-refractivity contribution in [2.24, 2.45) is 5.92 Å². The van der Waals surface area contributed by atoms with Crippen LogP contribution in [-0.4, -0.2) is 44.8 Å². The van der Waals surface area contributed by atoms with Gasteiger partial charge in [-0.1, -0.05) is 26.8 Å². The third-order valence-electron chi connectivity index (χ3n) is 4.92. The third kappa shape index (κ3) is 4.34. The highest BCUT2D eigenvalue weighted by molar-refractivity contribution is 5.74. The molecule has 134 valence electrons. The van der Waals surface area contributed by atoms with Gasteiger partial charge >= 0.3 is 6.03 Å². The Morgan fingerprint density at radius 2 is 1.83 bits per heavy atom. The number of ether oxygens (including phenoxy) is 2. The summed E-state index contributed by atoms with van der Waals surface area (Å²) in [6, 6.07) is 5.95. The second-order valence-corrected chi connectivity index (χ2v) is 7.28. The monoisotopic (exact) mass is 334 g/mol. The first-order valence-electron chi connectivity index (χ1n) is 8.62. The quantitative estimate of drug-likeness (QED) is 0.897. The molecule has 0 radical (unpaired) electrons. The molecular formula is C19H30N2O3. The lowest BCUT2D eigenvalue weighted by atomic mass is 9.84. The highest BCUT2D eigenvalue weighted by Crippen LogP contribution is 2.33. The molecule has 1 aliphatic rings. The second-order valence-electron chi connectivity index (χ2n) is 7.28. The summed E-state index contributed by atoms with van der Waals surface area (Å²) in [5.41, 5.74) is 0.908. The van der Waals surface area contributed by atoms with Crippen LogP contribution >= 0.6 is 0 Å². The number of amides is 2. The van der Waals surface area contributed by atoms with Crippen molar-refractivity contribution >= 4 is 6.03 Å². The Labute approximate surface area is 145 Å². The van der Waals surface area contributed by atoms with Crippen LogP contribution in [0.15, 0.2) is 18.2 Å². The average Bonchev–Trinajstić information content (AvgIpc) is 2.59. The number of carbonyl (C=O) groups excluding carboxylic acids is 1. The number of urea groups is 1. The Kier molecular flexibility index (Phi) is 5.97. The summed E-state index contributed by atoms with van der Waals surface area (Å²) in [4.78, 5) is 14.3. The van der Waals surface area contributed by atoms with Gasteiger partial charge in [-0.15, -0.1) is 0 Å². The summed E-state index contributed by atoms with van der Waals surface area (Å²) in [6.45, 7) is 8.76. The molecule has 1 aromatic rings. The summed E-state index contributed by atoms with van der Waals surface area (Å²) >= 11 is 0. The number of likely N-dealkylation sites (tertiary alicyclic amines) is 1. The fraction of sp³-hybridized carbons (Fsp3) is 0.632. The number of hydrogen-bond acceptors (Lipinski definition) is 3. The van der Waals surface area contributed by atoms with Crippen molar-refractivity contribution in [3.05, 3.63) is 23.8 Å². The largest absolute Gasteiger partial charge is 0.493 e. The normalized spacial score (nSPS) is 16.0. The Morgan fingerprint density at radius 3 is 2.42 bits per heavy atom. The van der Waals surface area contributed by atoms with Crippen LogP contribution in [0.3, 0.4) is 0 Å². The smallest absolute Gasteiger partial charge is 0.317 e. The van der Waals surface area contributed by atoms with Gasteiger partial charge in [-0.2, -0.15) is 0 Å². The number of benzene rings is 1. The number of nitrogens with one attached hydrogen (secondary N) is 1. The van der Waals surface area contributed by atoms with Gasteiger partial charge in [0.25, 0.3) is 0 Å². The number of nitrogens with zero attached hydrogens (tertiary/aromatic N) is 1. The van der Waals surface area contributed by atoms with E-state index in [1.54, 1.807) is 14.2 Å². The van der Waals surface area contributed by atoms with Crippen LogP contribution in [0.1, 0.15) is 39.2 Å². The first-order chi connectivity index (χ1) is 11.4. The molecule has 1 aliphatic heterocycles. The minimum Gasteiger partial charge on any atom is -0.493 e. The molecule has 24 heavy (non-hydrogen) atoms. The van der Waals surface area contributed by atoms with E-state index in [9.17, 15) is 4.79 Å². The lowest BCUT2D eigenvalue weighted by Crippen LogP contribution is -2.47. The van der Waals surface area contributed by atoms with Gasteiger partial charge in [0.05, 0.1) is 14.2 Å². The van der Waals surface area contributed by atoms with E-state index < -0.39 is 0 Å². The van der Waals surface area contributed by atoms with E-state index in [1.807, 2.05) is 23.1 Å². The molecule has 1 fully saturated rings. The van der Waals surface area contributed by atoms with Crippen molar-refractivity contribution < 1.29 is 14.3 Å². The number of methoxy groups -OCH3 is 2. The van der Waals surface area contributed by atoms with E-state index in [4.69, 9.17) is 9.47 Å². The van der Waals surface area contributed by atoms with Crippen molar-refractivity contribution in [1.29, 1.82) is 0 Å². The summed E-state index contributed by atoms with van der Waals surface area (Å²) in [5.74, 6) is 2.14. The molecule has 0 aromatic heterocycles. The van der Waals surface area contributed by atoms with Crippen molar-refractivity contribution in [3.8, 4) is 11.5 Å². The van der Waals surface area contributed by atoms with Gasteiger partial charge in [-0.05, 0) is 36.5 Å². The van der Waals surface area contributed by atoms with Crippen LogP contribution in [0.2, 0.25) is 0 Å². The van der Waals surface area contributed by atoms with Gasteiger partial charge in [0.2, 0.25) is 0 Å². The van der Waals surface area contributed by atoms with Crippen molar-refractivity contribution in [3.63, 3.8) is 0 Å². The Bertz CT molecular complexity index is 564. The number of hydrogen-bond donors (Lipinski definition) is 1. The first-order valence-corrected chi connectivity index (χ1v) is 8.62. The van der Waals surface area contributed by atoms with Crippen LogP contribution in [-0.2, 0) is 5.41 Å². The van der Waals surface area contributed by atoms with E-state index in [0.717, 1.165) is 37.4 Å². The zero-order valence-corrected chi connectivity index (χ0v) is 15.5. The van der Waals surface area contributed by atoms with Gasteiger partial charge < -0.3 is 19.7 Å². The molecule has 5 heteroatoms. The minimum atomic E-state index is -0.196. The highest BCUT2D eigenvalue weighted by Gasteiger charge is 2.25. The van der Waals surface area contributed by atoms with E-state index in [0.29, 0.717) is 18.0 Å². The van der Waals surface area contributed by atoms with Crippen molar-refractivity contribution in [1.82, 2.24) is 10.2 Å². The van der Waals surface area contributed by atoms with Crippen LogP contribution in [0, 0.1) is 5.92 Å². The predicted molar refractivity (Wildman–Crippen MR) is 95.9 cm³/mol. The average molecular weight is 334 g/mol. The molecule has 5 nitrogen and oxygen atoms in total. The topological polar surface area (TPSA) is 50.8 Å².